The molecule has 0 amide bonds. The second-order valence-corrected chi connectivity index (χ2v) is 5.12. The number of aromatic nitrogens is 1. The molecule has 0 saturated heterocycles. The van der Waals surface area contributed by atoms with E-state index in [1.54, 1.807) is 31.3 Å². The Morgan fingerprint density at radius 2 is 2.00 bits per heavy atom. The molecular formula is C17H14N2O2. The lowest BCUT2D eigenvalue weighted by molar-refractivity contribution is 0.103. The van der Waals surface area contributed by atoms with E-state index in [0.29, 0.717) is 22.5 Å². The van der Waals surface area contributed by atoms with E-state index < -0.39 is 0 Å². The number of benzene rings is 1. The number of aryl methyl sites for hydroxylation is 2. The van der Waals surface area contributed by atoms with Gasteiger partial charge in [0.2, 0.25) is 0 Å². The van der Waals surface area contributed by atoms with Crippen LogP contribution in [-0.2, 0) is 0 Å². The molecule has 4 heteroatoms. The first kappa shape index (κ1) is 13.2. The van der Waals surface area contributed by atoms with Crippen LogP contribution < -0.4 is 0 Å². The molecule has 3 aromatic rings. The first-order valence-electron chi connectivity index (χ1n) is 6.65. The van der Waals surface area contributed by atoms with Gasteiger partial charge in [-0.15, -0.1) is 0 Å². The Bertz CT molecular complexity index is 907. The lowest BCUT2D eigenvalue weighted by Crippen LogP contribution is -2.03. The average Bonchev–Trinajstić information content (AvgIpc) is 2.99. The van der Waals surface area contributed by atoms with Crippen LogP contribution in [0.5, 0.6) is 0 Å². The van der Waals surface area contributed by atoms with Crippen LogP contribution >= 0.6 is 0 Å². The summed E-state index contributed by atoms with van der Waals surface area (Å²) >= 11 is 0. The van der Waals surface area contributed by atoms with Crippen LogP contribution in [-0.4, -0.2) is 10.8 Å². The van der Waals surface area contributed by atoms with E-state index in [1.165, 1.54) is 0 Å². The van der Waals surface area contributed by atoms with E-state index in [1.807, 2.05) is 13.8 Å². The number of nitrogens with zero attached hydrogens (tertiary/aromatic N) is 1. The molecule has 0 saturated carbocycles. The van der Waals surface area contributed by atoms with Crippen molar-refractivity contribution in [3.05, 3.63) is 58.2 Å². The van der Waals surface area contributed by atoms with E-state index in [4.69, 9.17) is 9.68 Å². The third kappa shape index (κ3) is 1.95. The summed E-state index contributed by atoms with van der Waals surface area (Å²) in [5.74, 6) is 1.35. The van der Waals surface area contributed by atoms with Crippen LogP contribution in [0.1, 0.15) is 38.6 Å². The van der Waals surface area contributed by atoms with Crippen LogP contribution in [0.15, 0.2) is 28.8 Å². The highest BCUT2D eigenvalue weighted by Crippen LogP contribution is 2.27. The SMILES string of the molecule is Cc1oc(C)c(C(=O)c2c[nH]c3cc(C#N)ccc23)c1C. The van der Waals surface area contributed by atoms with Crippen LogP contribution in [0.4, 0.5) is 0 Å². The summed E-state index contributed by atoms with van der Waals surface area (Å²) in [4.78, 5) is 15.8. The largest absolute Gasteiger partial charge is 0.466 e. The Labute approximate surface area is 122 Å². The molecule has 2 heterocycles. The van der Waals surface area contributed by atoms with Crippen molar-refractivity contribution in [1.29, 1.82) is 5.26 Å². The standard InChI is InChI=1S/C17H14N2O2/c1-9-10(2)21-11(3)16(9)17(20)14-8-19-15-6-12(7-18)4-5-13(14)15/h4-6,8,19H,1-3H3. The summed E-state index contributed by atoms with van der Waals surface area (Å²) < 4.78 is 5.54. The third-order valence-electron chi connectivity index (χ3n) is 3.84. The molecule has 0 aliphatic carbocycles. The fraction of sp³-hybridized carbons (Fsp3) is 0.176. The van der Waals surface area contributed by atoms with Gasteiger partial charge in [0.05, 0.1) is 17.2 Å². The van der Waals surface area contributed by atoms with Gasteiger partial charge >= 0.3 is 0 Å². The zero-order valence-electron chi connectivity index (χ0n) is 12.1. The molecule has 0 aliphatic heterocycles. The van der Waals surface area contributed by atoms with Crippen molar-refractivity contribution >= 4 is 16.7 Å². The average molecular weight is 278 g/mol. The minimum atomic E-state index is -0.0576. The van der Waals surface area contributed by atoms with Gasteiger partial charge in [0, 0.05) is 28.2 Å². The van der Waals surface area contributed by atoms with Gasteiger partial charge in [-0.1, -0.05) is 6.07 Å². The van der Waals surface area contributed by atoms with Crippen molar-refractivity contribution in [3.8, 4) is 6.07 Å². The number of carbonyl (C=O) groups is 1. The fourth-order valence-electron chi connectivity index (χ4n) is 2.65. The molecule has 0 aliphatic rings. The van der Waals surface area contributed by atoms with Gasteiger partial charge in [-0.2, -0.15) is 5.26 Å². The Hall–Kier alpha value is -2.80. The van der Waals surface area contributed by atoms with Gasteiger partial charge in [0.25, 0.3) is 0 Å². The van der Waals surface area contributed by atoms with Gasteiger partial charge in [0.15, 0.2) is 5.78 Å². The van der Waals surface area contributed by atoms with Crippen molar-refractivity contribution in [2.75, 3.05) is 0 Å². The first-order chi connectivity index (χ1) is 10.0. The van der Waals surface area contributed by atoms with E-state index in [-0.39, 0.29) is 5.78 Å². The molecule has 0 radical (unpaired) electrons. The summed E-state index contributed by atoms with van der Waals surface area (Å²) in [6.45, 7) is 5.55. The Morgan fingerprint density at radius 1 is 1.24 bits per heavy atom. The molecule has 0 spiro atoms. The fourth-order valence-corrected chi connectivity index (χ4v) is 2.65. The van der Waals surface area contributed by atoms with E-state index in [9.17, 15) is 4.79 Å². The molecule has 4 nitrogen and oxygen atoms in total. The highest BCUT2D eigenvalue weighted by molar-refractivity contribution is 6.17. The summed E-state index contributed by atoms with van der Waals surface area (Å²) in [6.07, 6.45) is 1.69. The van der Waals surface area contributed by atoms with Crippen LogP contribution in [0.2, 0.25) is 0 Å². The predicted octanol–water partition coefficient (Wildman–Crippen LogP) is 3.79. The maximum Gasteiger partial charge on any atom is 0.198 e. The quantitative estimate of drug-likeness (QED) is 0.725. The molecule has 0 fully saturated rings. The predicted molar refractivity (Wildman–Crippen MR) is 79.4 cm³/mol. The van der Waals surface area contributed by atoms with Crippen molar-refractivity contribution < 1.29 is 9.21 Å². The van der Waals surface area contributed by atoms with Crippen molar-refractivity contribution in [1.82, 2.24) is 4.98 Å². The molecule has 0 atom stereocenters. The Kier molecular flexibility index (Phi) is 2.91. The highest BCUT2D eigenvalue weighted by Gasteiger charge is 2.22. The van der Waals surface area contributed by atoms with Gasteiger partial charge < -0.3 is 9.40 Å². The number of aromatic amines is 1. The lowest BCUT2D eigenvalue weighted by atomic mass is 9.99. The molecule has 0 bridgehead atoms. The number of H-pyrrole nitrogens is 1. The van der Waals surface area contributed by atoms with Crippen LogP contribution in [0.3, 0.4) is 0 Å². The summed E-state index contributed by atoms with van der Waals surface area (Å²) in [6, 6.07) is 7.35. The van der Waals surface area contributed by atoms with Crippen molar-refractivity contribution in [2.24, 2.45) is 0 Å². The zero-order valence-corrected chi connectivity index (χ0v) is 12.1. The first-order valence-corrected chi connectivity index (χ1v) is 6.65. The summed E-state index contributed by atoms with van der Waals surface area (Å²) in [7, 11) is 0. The number of fused-ring (bicyclic) bond motifs is 1. The number of hydrogen-bond acceptors (Lipinski definition) is 3. The van der Waals surface area contributed by atoms with Gasteiger partial charge in [-0.05, 0) is 32.9 Å². The van der Waals surface area contributed by atoms with E-state index in [0.717, 1.165) is 22.2 Å². The third-order valence-corrected chi connectivity index (χ3v) is 3.84. The molecule has 3 rings (SSSR count). The maximum atomic E-state index is 12.8. The van der Waals surface area contributed by atoms with Gasteiger partial charge in [-0.25, -0.2) is 0 Å². The monoisotopic (exact) mass is 278 g/mol. The number of nitriles is 1. The minimum absolute atomic E-state index is 0.0576. The number of furan rings is 1. The second-order valence-electron chi connectivity index (χ2n) is 5.12. The second kappa shape index (κ2) is 4.64. The van der Waals surface area contributed by atoms with Crippen molar-refractivity contribution in [2.45, 2.75) is 20.8 Å². The molecule has 2 aromatic heterocycles. The zero-order chi connectivity index (χ0) is 15.1. The lowest BCUT2D eigenvalue weighted by Gasteiger charge is -2.00. The van der Waals surface area contributed by atoms with Gasteiger partial charge in [-0.3, -0.25) is 4.79 Å². The number of carbonyl (C=O) groups excluding carboxylic acids is 1. The highest BCUT2D eigenvalue weighted by atomic mass is 16.3. The summed E-state index contributed by atoms with van der Waals surface area (Å²) in [5, 5.41) is 9.74. The molecule has 1 aromatic carbocycles. The molecule has 1 N–H and O–H groups in total. The maximum absolute atomic E-state index is 12.8. The van der Waals surface area contributed by atoms with Crippen molar-refractivity contribution in [3.63, 3.8) is 0 Å². The minimum Gasteiger partial charge on any atom is -0.466 e. The number of hydrogen-bond donors (Lipinski definition) is 1. The van der Waals surface area contributed by atoms with E-state index in [2.05, 4.69) is 11.1 Å². The molecule has 0 unspecified atom stereocenters. The smallest absolute Gasteiger partial charge is 0.198 e. The Morgan fingerprint density at radius 3 is 2.62 bits per heavy atom. The van der Waals surface area contributed by atoms with Crippen LogP contribution in [0.25, 0.3) is 10.9 Å². The topological polar surface area (TPSA) is 69.8 Å². The summed E-state index contributed by atoms with van der Waals surface area (Å²) in [5.41, 5.74) is 3.45. The van der Waals surface area contributed by atoms with Crippen LogP contribution in [0, 0.1) is 32.1 Å². The number of nitrogens with one attached hydrogen (secondary N) is 1. The van der Waals surface area contributed by atoms with E-state index >= 15 is 0 Å². The van der Waals surface area contributed by atoms with Gasteiger partial charge in [0.1, 0.15) is 11.5 Å². The molecular weight excluding hydrogens is 264 g/mol. The number of ketones is 1. The normalized spacial score (nSPS) is 10.8. The Balaban J connectivity index is 2.17. The molecule has 104 valence electrons. The molecule has 21 heavy (non-hydrogen) atoms. The number of rotatable bonds is 2.